The molecule has 1 heterocycles. The Balaban J connectivity index is 1.92. The molecule has 0 saturated heterocycles. The van der Waals surface area contributed by atoms with Crippen LogP contribution >= 0.6 is 11.6 Å². The lowest BCUT2D eigenvalue weighted by Crippen LogP contribution is -2.25. The van der Waals surface area contributed by atoms with Crippen LogP contribution in [0.3, 0.4) is 0 Å². The Morgan fingerprint density at radius 1 is 1.32 bits per heavy atom. The largest absolute Gasteiger partial charge is 0.270 e. The molecular formula is C14H17ClFN3O2S. The average Bonchev–Trinajstić information content (AvgIpc) is 2.76. The van der Waals surface area contributed by atoms with Gasteiger partial charge in [0.05, 0.1) is 15.6 Å². The van der Waals surface area contributed by atoms with Crippen LogP contribution in [0.1, 0.15) is 17.8 Å². The predicted molar refractivity (Wildman–Crippen MR) is 82.9 cm³/mol. The molecule has 22 heavy (non-hydrogen) atoms. The van der Waals surface area contributed by atoms with Gasteiger partial charge >= 0.3 is 0 Å². The summed E-state index contributed by atoms with van der Waals surface area (Å²) in [6.45, 7) is 4.73. The van der Waals surface area contributed by atoms with Crippen LogP contribution in [0.4, 0.5) is 4.39 Å². The number of nitrogens with one attached hydrogen (secondary N) is 1. The Morgan fingerprint density at radius 2 is 2.05 bits per heavy atom. The molecule has 8 heteroatoms. The predicted octanol–water partition coefficient (Wildman–Crippen LogP) is 2.66. The van der Waals surface area contributed by atoms with Crippen LogP contribution in [0.2, 0.25) is 5.02 Å². The van der Waals surface area contributed by atoms with Gasteiger partial charge in [-0.25, -0.2) is 17.5 Å². The SMILES string of the molecule is Cc1cc(C)n(CCCNS(=O)(=O)c2ccc(F)c(Cl)c2)n1. The van der Waals surface area contributed by atoms with Gasteiger partial charge in [-0.05, 0) is 44.5 Å². The van der Waals surface area contributed by atoms with Crippen molar-refractivity contribution in [3.8, 4) is 0 Å². The molecule has 0 atom stereocenters. The molecular weight excluding hydrogens is 329 g/mol. The van der Waals surface area contributed by atoms with Gasteiger partial charge in [0.2, 0.25) is 10.0 Å². The zero-order chi connectivity index (χ0) is 16.3. The summed E-state index contributed by atoms with van der Waals surface area (Å²) < 4.78 is 41.5. The zero-order valence-electron chi connectivity index (χ0n) is 12.3. The topological polar surface area (TPSA) is 64.0 Å². The molecule has 0 saturated carbocycles. The normalized spacial score (nSPS) is 11.8. The highest BCUT2D eigenvalue weighted by molar-refractivity contribution is 7.89. The summed E-state index contributed by atoms with van der Waals surface area (Å²) in [5.74, 6) is -0.648. The van der Waals surface area contributed by atoms with Crippen molar-refractivity contribution in [2.24, 2.45) is 0 Å². The van der Waals surface area contributed by atoms with Crippen molar-refractivity contribution in [3.05, 3.63) is 46.5 Å². The molecule has 2 rings (SSSR count). The quantitative estimate of drug-likeness (QED) is 0.819. The summed E-state index contributed by atoms with van der Waals surface area (Å²) >= 11 is 5.60. The first-order valence-electron chi connectivity index (χ1n) is 6.75. The van der Waals surface area contributed by atoms with E-state index in [0.717, 1.165) is 23.5 Å². The minimum Gasteiger partial charge on any atom is -0.270 e. The highest BCUT2D eigenvalue weighted by Crippen LogP contribution is 2.19. The molecule has 1 N–H and O–H groups in total. The van der Waals surface area contributed by atoms with Crippen molar-refractivity contribution in [3.63, 3.8) is 0 Å². The molecule has 1 aromatic heterocycles. The highest BCUT2D eigenvalue weighted by atomic mass is 35.5. The molecule has 0 aliphatic carbocycles. The van der Waals surface area contributed by atoms with Crippen molar-refractivity contribution < 1.29 is 12.8 Å². The summed E-state index contributed by atoms with van der Waals surface area (Å²) in [5, 5.41) is 4.09. The van der Waals surface area contributed by atoms with Crippen molar-refractivity contribution in [1.29, 1.82) is 0 Å². The summed E-state index contributed by atoms with van der Waals surface area (Å²) in [5.41, 5.74) is 1.96. The van der Waals surface area contributed by atoms with E-state index in [4.69, 9.17) is 11.6 Å². The Kier molecular flexibility index (Phi) is 5.20. The first kappa shape index (κ1) is 16.9. The molecule has 120 valence electrons. The maximum absolute atomic E-state index is 13.1. The lowest BCUT2D eigenvalue weighted by atomic mass is 10.3. The maximum atomic E-state index is 13.1. The zero-order valence-corrected chi connectivity index (χ0v) is 13.9. The van der Waals surface area contributed by atoms with E-state index in [9.17, 15) is 12.8 Å². The van der Waals surface area contributed by atoms with Gasteiger partial charge in [-0.15, -0.1) is 0 Å². The Hall–Kier alpha value is -1.44. The molecule has 1 aromatic carbocycles. The van der Waals surface area contributed by atoms with Crippen LogP contribution in [0.5, 0.6) is 0 Å². The third kappa shape index (κ3) is 4.06. The Bertz CT molecular complexity index is 774. The van der Waals surface area contributed by atoms with Gasteiger partial charge in [-0.2, -0.15) is 5.10 Å². The third-order valence-corrected chi connectivity index (χ3v) is 4.89. The van der Waals surface area contributed by atoms with E-state index >= 15 is 0 Å². The van der Waals surface area contributed by atoms with Crippen LogP contribution in [0.25, 0.3) is 0 Å². The lowest BCUT2D eigenvalue weighted by Gasteiger charge is -2.08. The van der Waals surface area contributed by atoms with E-state index in [1.54, 1.807) is 0 Å². The molecule has 0 radical (unpaired) electrons. The van der Waals surface area contributed by atoms with Crippen LogP contribution in [-0.4, -0.2) is 24.7 Å². The number of hydrogen-bond acceptors (Lipinski definition) is 3. The van der Waals surface area contributed by atoms with E-state index < -0.39 is 15.8 Å². The highest BCUT2D eigenvalue weighted by Gasteiger charge is 2.15. The second-order valence-corrected chi connectivity index (χ2v) is 7.15. The van der Waals surface area contributed by atoms with Gasteiger partial charge in [-0.1, -0.05) is 11.6 Å². The lowest BCUT2D eigenvalue weighted by molar-refractivity contribution is 0.544. The maximum Gasteiger partial charge on any atom is 0.240 e. The van der Waals surface area contributed by atoms with Crippen LogP contribution in [-0.2, 0) is 16.6 Å². The minimum absolute atomic E-state index is 0.0509. The number of hydrogen-bond donors (Lipinski definition) is 1. The molecule has 0 fully saturated rings. The second kappa shape index (κ2) is 6.76. The van der Waals surface area contributed by atoms with Gasteiger partial charge in [-0.3, -0.25) is 4.68 Å². The van der Waals surface area contributed by atoms with Crippen molar-refractivity contribution in [2.45, 2.75) is 31.7 Å². The van der Waals surface area contributed by atoms with E-state index in [1.165, 1.54) is 6.07 Å². The second-order valence-electron chi connectivity index (χ2n) is 4.98. The number of nitrogens with zero attached hydrogens (tertiary/aromatic N) is 2. The fraction of sp³-hybridized carbons (Fsp3) is 0.357. The van der Waals surface area contributed by atoms with Crippen LogP contribution in [0.15, 0.2) is 29.2 Å². The average molecular weight is 346 g/mol. The number of halogens is 2. The Labute approximate surface area is 134 Å². The number of aryl methyl sites for hydroxylation is 3. The fourth-order valence-corrected chi connectivity index (χ4v) is 3.41. The number of benzene rings is 1. The smallest absolute Gasteiger partial charge is 0.240 e. The van der Waals surface area contributed by atoms with Gasteiger partial charge in [0.25, 0.3) is 0 Å². The molecule has 0 unspecified atom stereocenters. The van der Waals surface area contributed by atoms with E-state index in [0.29, 0.717) is 13.0 Å². The van der Waals surface area contributed by atoms with E-state index in [2.05, 4.69) is 9.82 Å². The fourth-order valence-electron chi connectivity index (χ4n) is 2.06. The van der Waals surface area contributed by atoms with Crippen molar-refractivity contribution >= 4 is 21.6 Å². The van der Waals surface area contributed by atoms with Crippen LogP contribution in [0, 0.1) is 19.7 Å². The minimum atomic E-state index is -3.69. The van der Waals surface area contributed by atoms with Crippen molar-refractivity contribution in [2.75, 3.05) is 6.54 Å². The summed E-state index contributed by atoms with van der Waals surface area (Å²) in [6, 6.07) is 5.28. The summed E-state index contributed by atoms with van der Waals surface area (Å²) in [7, 11) is -3.69. The van der Waals surface area contributed by atoms with Crippen molar-refractivity contribution in [1.82, 2.24) is 14.5 Å². The number of aromatic nitrogens is 2. The third-order valence-electron chi connectivity index (χ3n) is 3.14. The van der Waals surface area contributed by atoms with Gasteiger partial charge < -0.3 is 0 Å². The van der Waals surface area contributed by atoms with E-state index in [1.807, 2.05) is 24.6 Å². The number of sulfonamides is 1. The molecule has 2 aromatic rings. The first-order valence-corrected chi connectivity index (χ1v) is 8.61. The molecule has 0 spiro atoms. The Morgan fingerprint density at radius 3 is 2.64 bits per heavy atom. The van der Waals surface area contributed by atoms with Gasteiger partial charge in [0, 0.05) is 18.8 Å². The van der Waals surface area contributed by atoms with Gasteiger partial charge in [0.15, 0.2) is 0 Å². The summed E-state index contributed by atoms with van der Waals surface area (Å²) in [4.78, 5) is -0.0509. The van der Waals surface area contributed by atoms with Gasteiger partial charge in [0.1, 0.15) is 5.82 Å². The molecule has 0 aliphatic heterocycles. The number of rotatable bonds is 6. The molecule has 0 bridgehead atoms. The van der Waals surface area contributed by atoms with Crippen LogP contribution < -0.4 is 4.72 Å². The summed E-state index contributed by atoms with van der Waals surface area (Å²) in [6.07, 6.45) is 0.593. The molecule has 0 aliphatic rings. The monoisotopic (exact) mass is 345 g/mol. The standard InChI is InChI=1S/C14H17ClFN3O2S/c1-10-8-11(2)19(18-10)7-3-6-17-22(20,21)12-4-5-14(16)13(15)9-12/h4-5,8-9,17H,3,6-7H2,1-2H3. The molecule has 5 nitrogen and oxygen atoms in total. The molecule has 0 amide bonds. The van der Waals surface area contributed by atoms with E-state index in [-0.39, 0.29) is 16.5 Å². The first-order chi connectivity index (χ1) is 10.3.